The van der Waals surface area contributed by atoms with Crippen molar-refractivity contribution in [2.75, 3.05) is 32.8 Å². The first kappa shape index (κ1) is 28.9. The number of aliphatic hydroxyl groups is 1. The number of nitrogens with one attached hydrogen (secondary N) is 2. The molecule has 0 saturated heterocycles. The molecule has 0 spiro atoms. The first-order valence-corrected chi connectivity index (χ1v) is 11.3. The fourth-order valence-corrected chi connectivity index (χ4v) is 3.19. The van der Waals surface area contributed by atoms with Crippen molar-refractivity contribution in [3.05, 3.63) is 34.9 Å². The van der Waals surface area contributed by atoms with E-state index in [1.165, 1.54) is 4.90 Å². The molecule has 10 nitrogen and oxygen atoms in total. The molecule has 0 aliphatic rings. The fraction of sp³-hybridized carbons (Fsp3) is 0.583. The first-order valence-electron chi connectivity index (χ1n) is 11.3. The van der Waals surface area contributed by atoms with E-state index in [0.29, 0.717) is 5.56 Å². The second-order valence-electron chi connectivity index (χ2n) is 8.77. The highest BCUT2D eigenvalue weighted by atomic mass is 16.6. The third kappa shape index (κ3) is 9.78. The van der Waals surface area contributed by atoms with Gasteiger partial charge in [0.25, 0.3) is 0 Å². The van der Waals surface area contributed by atoms with Gasteiger partial charge in [-0.15, -0.1) is 0 Å². The van der Waals surface area contributed by atoms with Gasteiger partial charge in [-0.2, -0.15) is 0 Å². The zero-order valence-corrected chi connectivity index (χ0v) is 20.9. The van der Waals surface area contributed by atoms with Crippen LogP contribution in [-0.2, 0) is 23.9 Å². The maximum Gasteiger partial charge on any atom is 0.408 e. The van der Waals surface area contributed by atoms with E-state index in [9.17, 15) is 24.3 Å². The highest BCUT2D eigenvalue weighted by molar-refractivity contribution is 5.91. The van der Waals surface area contributed by atoms with E-state index in [1.54, 1.807) is 33.8 Å². The normalized spacial score (nSPS) is 11.9. The molecule has 1 unspecified atom stereocenters. The van der Waals surface area contributed by atoms with Gasteiger partial charge in [-0.3, -0.25) is 14.4 Å². The van der Waals surface area contributed by atoms with E-state index in [1.807, 2.05) is 26.0 Å². The third-order valence-corrected chi connectivity index (χ3v) is 4.67. The number of rotatable bonds is 11. The van der Waals surface area contributed by atoms with Gasteiger partial charge in [0.1, 0.15) is 18.2 Å². The Kier molecular flexibility index (Phi) is 11.5. The van der Waals surface area contributed by atoms with Crippen LogP contribution in [0.1, 0.15) is 56.8 Å². The van der Waals surface area contributed by atoms with Crippen molar-refractivity contribution in [1.29, 1.82) is 0 Å². The summed E-state index contributed by atoms with van der Waals surface area (Å²) in [6, 6.07) is 4.44. The van der Waals surface area contributed by atoms with Gasteiger partial charge in [-0.25, -0.2) is 4.79 Å². The summed E-state index contributed by atoms with van der Waals surface area (Å²) in [7, 11) is 0. The number of benzene rings is 1. The monoisotopic (exact) mass is 479 g/mol. The molecule has 10 heteroatoms. The maximum atomic E-state index is 13.2. The predicted octanol–water partition coefficient (Wildman–Crippen LogP) is 1.76. The van der Waals surface area contributed by atoms with Crippen LogP contribution in [0.2, 0.25) is 0 Å². The Bertz CT molecular complexity index is 865. The van der Waals surface area contributed by atoms with E-state index in [2.05, 4.69) is 10.6 Å². The minimum atomic E-state index is -1.08. The van der Waals surface area contributed by atoms with Gasteiger partial charge in [0.05, 0.1) is 19.6 Å². The number of amides is 3. The number of aryl methyl sites for hydroxylation is 2. The quantitative estimate of drug-likeness (QED) is 0.412. The van der Waals surface area contributed by atoms with Crippen molar-refractivity contribution >= 4 is 23.9 Å². The molecule has 1 rings (SSSR count). The number of nitrogens with zero attached hydrogens (tertiary/aromatic N) is 1. The van der Waals surface area contributed by atoms with E-state index in [-0.39, 0.29) is 26.1 Å². The lowest BCUT2D eigenvalue weighted by molar-refractivity contribution is -0.143. The van der Waals surface area contributed by atoms with Gasteiger partial charge >= 0.3 is 12.1 Å². The molecule has 3 N–H and O–H groups in total. The number of carbonyl (C=O) groups excluding carboxylic acids is 4. The summed E-state index contributed by atoms with van der Waals surface area (Å²) >= 11 is 0. The number of esters is 1. The highest BCUT2D eigenvalue weighted by Crippen LogP contribution is 2.26. The lowest BCUT2D eigenvalue weighted by Crippen LogP contribution is -2.49. The van der Waals surface area contributed by atoms with Crippen molar-refractivity contribution in [3.8, 4) is 0 Å². The van der Waals surface area contributed by atoms with E-state index in [0.717, 1.165) is 11.1 Å². The van der Waals surface area contributed by atoms with Crippen molar-refractivity contribution in [1.82, 2.24) is 15.5 Å². The summed E-state index contributed by atoms with van der Waals surface area (Å²) in [6.07, 6.45) is -0.792. The molecule has 0 aliphatic heterocycles. The summed E-state index contributed by atoms with van der Waals surface area (Å²) in [6.45, 7) is 9.76. The molecule has 0 saturated carbocycles. The lowest BCUT2D eigenvalue weighted by atomic mass is 9.96. The van der Waals surface area contributed by atoms with E-state index in [4.69, 9.17) is 9.47 Å². The van der Waals surface area contributed by atoms with Crippen molar-refractivity contribution in [2.45, 2.75) is 59.6 Å². The Balaban J connectivity index is 3.15. The van der Waals surface area contributed by atoms with Crippen LogP contribution < -0.4 is 10.6 Å². The van der Waals surface area contributed by atoms with Gasteiger partial charge in [-0.05, 0) is 52.7 Å². The topological polar surface area (TPSA) is 134 Å². The van der Waals surface area contributed by atoms with Gasteiger partial charge in [0, 0.05) is 13.1 Å². The molecular weight excluding hydrogens is 442 g/mol. The summed E-state index contributed by atoms with van der Waals surface area (Å²) in [5, 5.41) is 14.7. The van der Waals surface area contributed by atoms with Crippen LogP contribution in [0.5, 0.6) is 0 Å². The van der Waals surface area contributed by atoms with Gasteiger partial charge in [0.15, 0.2) is 0 Å². The maximum absolute atomic E-state index is 13.2. The minimum absolute atomic E-state index is 0.0206. The Morgan fingerprint density at radius 2 is 1.79 bits per heavy atom. The van der Waals surface area contributed by atoms with Gasteiger partial charge in [-0.1, -0.05) is 23.8 Å². The average molecular weight is 480 g/mol. The smallest absolute Gasteiger partial charge is 0.408 e. The summed E-state index contributed by atoms with van der Waals surface area (Å²) < 4.78 is 10.0. The molecule has 0 fully saturated rings. The standard InChI is InChI=1S/C24H37N3O7/c1-7-33-20(30)10-11-25-22(31)21(18-14-16(2)8-9-17(18)3)27(12-13-28)19(29)15-26-23(32)34-24(4,5)6/h8-9,14,21,28H,7,10-13,15H2,1-6H3,(H,25,31)(H,26,32). The Morgan fingerprint density at radius 1 is 1.12 bits per heavy atom. The third-order valence-electron chi connectivity index (χ3n) is 4.67. The van der Waals surface area contributed by atoms with Crippen LogP contribution >= 0.6 is 0 Å². The highest BCUT2D eigenvalue weighted by Gasteiger charge is 2.32. The molecule has 1 atom stereocenters. The number of aliphatic hydroxyl groups excluding tert-OH is 1. The van der Waals surface area contributed by atoms with Crippen LogP contribution in [0.3, 0.4) is 0 Å². The summed E-state index contributed by atoms with van der Waals surface area (Å²) in [5.41, 5.74) is 1.49. The van der Waals surface area contributed by atoms with Gasteiger partial charge in [0.2, 0.25) is 11.8 Å². The molecule has 0 radical (unpaired) electrons. The zero-order valence-electron chi connectivity index (χ0n) is 20.9. The second kappa shape index (κ2) is 13.5. The number of ether oxygens (including phenoxy) is 2. The number of hydrogen-bond acceptors (Lipinski definition) is 7. The Morgan fingerprint density at radius 3 is 2.38 bits per heavy atom. The second-order valence-corrected chi connectivity index (χ2v) is 8.77. The average Bonchev–Trinajstić information content (AvgIpc) is 2.73. The first-order chi connectivity index (χ1) is 15.9. The fourth-order valence-electron chi connectivity index (χ4n) is 3.19. The molecule has 1 aromatic rings. The molecule has 34 heavy (non-hydrogen) atoms. The summed E-state index contributed by atoms with van der Waals surface area (Å²) in [5.74, 6) is -1.54. The molecule has 190 valence electrons. The van der Waals surface area contributed by atoms with Crippen LogP contribution in [0.15, 0.2) is 18.2 Å². The van der Waals surface area contributed by atoms with Crippen LogP contribution in [0.4, 0.5) is 4.79 Å². The van der Waals surface area contributed by atoms with Crippen molar-refractivity contribution in [2.24, 2.45) is 0 Å². The zero-order chi connectivity index (χ0) is 25.9. The molecule has 0 aromatic heterocycles. The Labute approximate surface area is 201 Å². The van der Waals surface area contributed by atoms with Crippen LogP contribution in [0.25, 0.3) is 0 Å². The molecule has 0 bridgehead atoms. The van der Waals surface area contributed by atoms with Gasteiger partial charge < -0.3 is 30.1 Å². The number of hydrogen-bond donors (Lipinski definition) is 3. The molecule has 3 amide bonds. The molecule has 1 aromatic carbocycles. The SMILES string of the molecule is CCOC(=O)CCNC(=O)C(c1cc(C)ccc1C)N(CCO)C(=O)CNC(=O)OC(C)(C)C. The van der Waals surface area contributed by atoms with Crippen molar-refractivity contribution < 1.29 is 33.8 Å². The predicted molar refractivity (Wildman–Crippen MR) is 126 cm³/mol. The van der Waals surface area contributed by atoms with E-state index < -0.39 is 48.7 Å². The molecular formula is C24H37N3O7. The number of carbonyl (C=O) groups is 4. The molecule has 0 heterocycles. The summed E-state index contributed by atoms with van der Waals surface area (Å²) in [4.78, 5) is 51.2. The molecule has 0 aliphatic carbocycles. The lowest BCUT2D eigenvalue weighted by Gasteiger charge is -2.32. The largest absolute Gasteiger partial charge is 0.466 e. The van der Waals surface area contributed by atoms with Crippen molar-refractivity contribution in [3.63, 3.8) is 0 Å². The number of alkyl carbamates (subject to hydrolysis) is 1. The Hall–Kier alpha value is -3.14. The van der Waals surface area contributed by atoms with Crippen LogP contribution in [0, 0.1) is 13.8 Å². The minimum Gasteiger partial charge on any atom is -0.466 e. The van der Waals surface area contributed by atoms with E-state index >= 15 is 0 Å². The van der Waals surface area contributed by atoms with Crippen LogP contribution in [-0.4, -0.2) is 72.3 Å².